The maximum absolute atomic E-state index is 11.8. The fraction of sp³-hybridized carbons (Fsp3) is 0.844. The summed E-state index contributed by atoms with van der Waals surface area (Å²) in [5.74, 6) is 2.81. The largest absolute Gasteiger partial charge is 0.462 e. The van der Waals surface area contributed by atoms with E-state index in [1.54, 1.807) is 6.92 Å². The van der Waals surface area contributed by atoms with E-state index in [0.29, 0.717) is 22.2 Å². The van der Waals surface area contributed by atoms with Gasteiger partial charge in [0, 0.05) is 12.3 Å². The molecule has 0 spiro atoms. The molecule has 0 aromatic carbocycles. The lowest BCUT2D eigenvalue weighted by molar-refractivity contribution is -0.226. The van der Waals surface area contributed by atoms with Crippen molar-refractivity contribution < 1.29 is 9.53 Å². The van der Waals surface area contributed by atoms with E-state index in [9.17, 15) is 4.79 Å². The molecule has 0 N–H and O–H groups in total. The van der Waals surface area contributed by atoms with Crippen molar-refractivity contribution in [2.75, 3.05) is 0 Å². The zero-order valence-corrected chi connectivity index (χ0v) is 23.6. The minimum atomic E-state index is -0.114. The molecule has 4 saturated carbocycles. The summed E-state index contributed by atoms with van der Waals surface area (Å²) >= 11 is 0. The Bertz CT molecular complexity index is 847. The molecule has 34 heavy (non-hydrogen) atoms. The number of hydrogen-bond acceptors (Lipinski definition) is 2. The predicted octanol–water partition coefficient (Wildman–Crippen LogP) is 8.91. The summed E-state index contributed by atoms with van der Waals surface area (Å²) in [4.78, 5) is 11.8. The Labute approximate surface area is 210 Å². The monoisotopic (exact) mass is 468 g/mol. The van der Waals surface area contributed by atoms with Gasteiger partial charge in [0.2, 0.25) is 0 Å². The van der Waals surface area contributed by atoms with Crippen LogP contribution in [0.15, 0.2) is 23.8 Å². The van der Waals surface area contributed by atoms with Gasteiger partial charge < -0.3 is 4.74 Å². The second kappa shape index (κ2) is 8.81. The Hall–Kier alpha value is -1.05. The summed E-state index contributed by atoms with van der Waals surface area (Å²) in [6, 6.07) is 0. The summed E-state index contributed by atoms with van der Waals surface area (Å²) in [6.07, 6.45) is 15.1. The van der Waals surface area contributed by atoms with Gasteiger partial charge in [0.25, 0.3) is 0 Å². The molecule has 0 radical (unpaired) electrons. The maximum atomic E-state index is 11.8. The van der Waals surface area contributed by atoms with Gasteiger partial charge in [0.05, 0.1) is 0 Å². The van der Waals surface area contributed by atoms with Crippen LogP contribution in [0.2, 0.25) is 0 Å². The van der Waals surface area contributed by atoms with E-state index in [1.807, 2.05) is 0 Å². The molecule has 4 aliphatic rings. The molecule has 2 heteroatoms. The third-order valence-electron chi connectivity index (χ3n) is 12.2. The van der Waals surface area contributed by atoms with Crippen LogP contribution in [-0.2, 0) is 9.53 Å². The number of carbonyl (C=O) groups excluding carboxylic acids is 1. The average Bonchev–Trinajstić information content (AvgIpc) is 3.08. The summed E-state index contributed by atoms with van der Waals surface area (Å²) < 4.78 is 5.89. The van der Waals surface area contributed by atoms with Crippen LogP contribution in [-0.4, -0.2) is 12.1 Å². The Balaban J connectivity index is 1.57. The molecule has 4 fully saturated rings. The normalized spacial score (nSPS) is 44.9. The Kier molecular flexibility index (Phi) is 6.74. The van der Waals surface area contributed by atoms with Crippen molar-refractivity contribution in [2.24, 2.45) is 45.3 Å². The zero-order chi connectivity index (χ0) is 25.1. The highest BCUT2D eigenvalue weighted by atomic mass is 16.5. The Morgan fingerprint density at radius 1 is 0.882 bits per heavy atom. The lowest BCUT2D eigenvalue weighted by Crippen LogP contribution is -2.64. The molecule has 0 aromatic heterocycles. The number of fused-ring (bicyclic) bond motifs is 5. The van der Waals surface area contributed by atoms with Gasteiger partial charge in [-0.3, -0.25) is 4.79 Å². The number of carbonyl (C=O) groups is 1. The van der Waals surface area contributed by atoms with Crippen LogP contribution < -0.4 is 0 Å². The third-order valence-corrected chi connectivity index (χ3v) is 12.2. The second-order valence-corrected chi connectivity index (χ2v) is 14.3. The molecule has 0 heterocycles. The first-order valence-corrected chi connectivity index (χ1v) is 14.3. The van der Waals surface area contributed by atoms with E-state index in [2.05, 4.69) is 61.1 Å². The van der Waals surface area contributed by atoms with Crippen molar-refractivity contribution in [3.8, 4) is 0 Å². The van der Waals surface area contributed by atoms with Crippen molar-refractivity contribution in [3.05, 3.63) is 23.8 Å². The van der Waals surface area contributed by atoms with Crippen molar-refractivity contribution in [1.82, 2.24) is 0 Å². The number of esters is 1. The summed E-state index contributed by atoms with van der Waals surface area (Å²) in [6.45, 7) is 23.4. The molecule has 4 rings (SSSR count). The smallest absolute Gasteiger partial charge is 0.302 e. The van der Waals surface area contributed by atoms with E-state index in [-0.39, 0.29) is 17.5 Å². The van der Waals surface area contributed by atoms with Gasteiger partial charge in [-0.1, -0.05) is 58.4 Å². The lowest BCUT2D eigenvalue weighted by atomic mass is 9.35. The molecule has 8 atom stereocenters. The van der Waals surface area contributed by atoms with Crippen LogP contribution in [0.3, 0.4) is 0 Å². The highest BCUT2D eigenvalue weighted by Gasteiger charge is 2.68. The summed E-state index contributed by atoms with van der Waals surface area (Å²) in [5, 5.41) is 0. The van der Waals surface area contributed by atoms with Crippen LogP contribution in [0.1, 0.15) is 120 Å². The third kappa shape index (κ3) is 3.85. The van der Waals surface area contributed by atoms with Gasteiger partial charge in [-0.15, -0.1) is 0 Å². The van der Waals surface area contributed by atoms with Crippen molar-refractivity contribution >= 4 is 5.97 Å². The van der Waals surface area contributed by atoms with Gasteiger partial charge in [-0.25, -0.2) is 0 Å². The fourth-order valence-electron chi connectivity index (χ4n) is 10.4. The first-order chi connectivity index (χ1) is 15.8. The highest BCUT2D eigenvalue weighted by Crippen LogP contribution is 2.75. The first kappa shape index (κ1) is 26.0. The number of ether oxygens (including phenoxy) is 1. The first-order valence-electron chi connectivity index (χ1n) is 14.3. The van der Waals surface area contributed by atoms with Gasteiger partial charge in [-0.2, -0.15) is 0 Å². The maximum Gasteiger partial charge on any atom is 0.302 e. The van der Waals surface area contributed by atoms with E-state index in [1.165, 1.54) is 56.1 Å². The molecule has 4 aliphatic carbocycles. The SMILES string of the molecule is C=C(CCC=C(C)C)C1CCC2(C)C1CCC1C3(C)CCC(OC(C)=O)C(C)(C)C3CCC12C. The topological polar surface area (TPSA) is 26.3 Å². The van der Waals surface area contributed by atoms with Gasteiger partial charge in [-0.05, 0) is 118 Å². The molecule has 0 amide bonds. The lowest BCUT2D eigenvalue weighted by Gasteiger charge is -2.70. The van der Waals surface area contributed by atoms with Gasteiger partial charge in [0.15, 0.2) is 0 Å². The standard InChI is InChI=1S/C32H52O2/c1-21(2)11-10-12-22(3)24-15-19-31(8)25(24)13-14-27-30(7)18-17-28(34-23(4)33)29(5,6)26(30)16-20-32(27,31)9/h11,24-28H,3,10,12-20H2,1-2,4-9H3. The predicted molar refractivity (Wildman–Crippen MR) is 142 cm³/mol. The zero-order valence-electron chi connectivity index (χ0n) is 23.6. The molecule has 8 unspecified atom stereocenters. The van der Waals surface area contributed by atoms with E-state index < -0.39 is 0 Å². The minimum absolute atomic E-state index is 0.0508. The van der Waals surface area contributed by atoms with E-state index in [0.717, 1.165) is 37.0 Å². The Morgan fingerprint density at radius 3 is 2.21 bits per heavy atom. The van der Waals surface area contributed by atoms with E-state index >= 15 is 0 Å². The molecular formula is C32H52O2. The van der Waals surface area contributed by atoms with Crippen LogP contribution in [0.5, 0.6) is 0 Å². The molecule has 2 nitrogen and oxygen atoms in total. The fourth-order valence-corrected chi connectivity index (χ4v) is 10.4. The molecule has 0 aliphatic heterocycles. The highest BCUT2D eigenvalue weighted by molar-refractivity contribution is 5.66. The molecule has 0 saturated heterocycles. The molecular weight excluding hydrogens is 416 g/mol. The van der Waals surface area contributed by atoms with E-state index in [4.69, 9.17) is 4.74 Å². The van der Waals surface area contributed by atoms with Crippen molar-refractivity contribution in [1.29, 1.82) is 0 Å². The molecule has 0 bridgehead atoms. The second-order valence-electron chi connectivity index (χ2n) is 14.3. The number of rotatable bonds is 5. The number of allylic oxidation sites excluding steroid dienone is 3. The van der Waals surface area contributed by atoms with Crippen LogP contribution in [0.25, 0.3) is 0 Å². The average molecular weight is 469 g/mol. The van der Waals surface area contributed by atoms with Crippen molar-refractivity contribution in [3.63, 3.8) is 0 Å². The molecule has 192 valence electrons. The van der Waals surface area contributed by atoms with Crippen LogP contribution in [0, 0.1) is 45.3 Å². The van der Waals surface area contributed by atoms with Crippen molar-refractivity contribution in [2.45, 2.75) is 126 Å². The van der Waals surface area contributed by atoms with Gasteiger partial charge >= 0.3 is 5.97 Å². The minimum Gasteiger partial charge on any atom is -0.462 e. The van der Waals surface area contributed by atoms with Crippen LogP contribution in [0.4, 0.5) is 0 Å². The summed E-state index contributed by atoms with van der Waals surface area (Å²) in [5.41, 5.74) is 4.17. The van der Waals surface area contributed by atoms with Crippen LogP contribution >= 0.6 is 0 Å². The summed E-state index contributed by atoms with van der Waals surface area (Å²) in [7, 11) is 0. The number of hydrogen-bond donors (Lipinski definition) is 0. The quantitative estimate of drug-likeness (QED) is 0.297. The molecule has 0 aromatic rings. The Morgan fingerprint density at radius 2 is 1.56 bits per heavy atom. The van der Waals surface area contributed by atoms with Gasteiger partial charge in [0.1, 0.15) is 6.10 Å².